The molecule has 1 heterocycles. The van der Waals surface area contributed by atoms with Gasteiger partial charge < -0.3 is 10.6 Å². The number of rotatable bonds is 2. The van der Waals surface area contributed by atoms with Crippen LogP contribution in [-0.4, -0.2) is 29.9 Å². The van der Waals surface area contributed by atoms with Crippen molar-refractivity contribution in [1.29, 1.82) is 5.26 Å². The van der Waals surface area contributed by atoms with Gasteiger partial charge in [-0.15, -0.1) is 0 Å². The summed E-state index contributed by atoms with van der Waals surface area (Å²) < 4.78 is 0. The normalized spacial score (nSPS) is 22.9. The maximum atomic E-state index is 12.5. The quantitative estimate of drug-likeness (QED) is 0.877. The third-order valence-electron chi connectivity index (χ3n) is 3.83. The first kappa shape index (κ1) is 13.6. The van der Waals surface area contributed by atoms with Crippen LogP contribution in [0.5, 0.6) is 0 Å². The number of benzene rings is 1. The van der Waals surface area contributed by atoms with Crippen LogP contribution in [0.4, 0.5) is 0 Å². The van der Waals surface area contributed by atoms with E-state index in [0.29, 0.717) is 23.6 Å². The Bertz CT molecular complexity index is 489. The highest BCUT2D eigenvalue weighted by molar-refractivity contribution is 5.94. The fourth-order valence-corrected chi connectivity index (χ4v) is 2.51. The standard InChI is InChI=1S/C15H19N3O/c1-11-2-3-13(9-17)10-18(11)15(19)14-6-4-12(8-16)5-7-14/h4-7,11,13H,2-3,9-10,17H2,1H3. The maximum absolute atomic E-state index is 12.5. The van der Waals surface area contributed by atoms with Gasteiger partial charge in [-0.25, -0.2) is 0 Å². The fraction of sp³-hybridized carbons (Fsp3) is 0.467. The number of carbonyl (C=O) groups is 1. The lowest BCUT2D eigenvalue weighted by molar-refractivity contribution is 0.0567. The molecule has 1 aliphatic heterocycles. The third-order valence-corrected chi connectivity index (χ3v) is 3.83. The van der Waals surface area contributed by atoms with Crippen molar-refractivity contribution in [3.63, 3.8) is 0 Å². The maximum Gasteiger partial charge on any atom is 0.254 e. The number of nitrogens with two attached hydrogens (primary N) is 1. The first-order chi connectivity index (χ1) is 9.15. The van der Waals surface area contributed by atoms with Gasteiger partial charge in [-0.2, -0.15) is 5.26 Å². The predicted molar refractivity (Wildman–Crippen MR) is 73.4 cm³/mol. The van der Waals surface area contributed by atoms with Gasteiger partial charge >= 0.3 is 0 Å². The van der Waals surface area contributed by atoms with Crippen molar-refractivity contribution >= 4 is 5.91 Å². The second kappa shape index (κ2) is 5.85. The predicted octanol–water partition coefficient (Wildman–Crippen LogP) is 1.76. The van der Waals surface area contributed by atoms with Gasteiger partial charge in [0.25, 0.3) is 5.91 Å². The summed E-state index contributed by atoms with van der Waals surface area (Å²) in [6.45, 7) is 3.44. The number of likely N-dealkylation sites (tertiary alicyclic amines) is 1. The number of nitriles is 1. The van der Waals surface area contributed by atoms with Crippen LogP contribution >= 0.6 is 0 Å². The second-order valence-corrected chi connectivity index (χ2v) is 5.17. The first-order valence-corrected chi connectivity index (χ1v) is 6.67. The molecule has 0 aliphatic carbocycles. The molecule has 0 radical (unpaired) electrons. The van der Waals surface area contributed by atoms with E-state index in [-0.39, 0.29) is 11.9 Å². The average Bonchev–Trinajstić information content (AvgIpc) is 2.47. The zero-order valence-electron chi connectivity index (χ0n) is 11.2. The molecular weight excluding hydrogens is 238 g/mol. The smallest absolute Gasteiger partial charge is 0.254 e. The van der Waals surface area contributed by atoms with Gasteiger partial charge in [0.15, 0.2) is 0 Å². The molecule has 0 saturated carbocycles. The molecule has 4 nitrogen and oxygen atoms in total. The Morgan fingerprint density at radius 3 is 2.68 bits per heavy atom. The molecule has 1 aromatic rings. The molecule has 1 saturated heterocycles. The topological polar surface area (TPSA) is 70.1 Å². The first-order valence-electron chi connectivity index (χ1n) is 6.67. The summed E-state index contributed by atoms with van der Waals surface area (Å²) in [4.78, 5) is 14.4. The number of piperidine rings is 1. The van der Waals surface area contributed by atoms with Crippen LogP contribution in [0.3, 0.4) is 0 Å². The van der Waals surface area contributed by atoms with E-state index < -0.39 is 0 Å². The number of nitrogens with zero attached hydrogens (tertiary/aromatic N) is 2. The summed E-state index contributed by atoms with van der Waals surface area (Å²) in [6, 6.07) is 9.12. The van der Waals surface area contributed by atoms with Crippen LogP contribution in [0.15, 0.2) is 24.3 Å². The van der Waals surface area contributed by atoms with Crippen LogP contribution in [-0.2, 0) is 0 Å². The van der Waals surface area contributed by atoms with Gasteiger partial charge in [-0.1, -0.05) is 0 Å². The lowest BCUT2D eigenvalue weighted by Gasteiger charge is -2.37. The van der Waals surface area contributed by atoms with Gasteiger partial charge in [-0.3, -0.25) is 4.79 Å². The summed E-state index contributed by atoms with van der Waals surface area (Å²) in [5.41, 5.74) is 6.93. The summed E-state index contributed by atoms with van der Waals surface area (Å²) in [5.74, 6) is 0.439. The van der Waals surface area contributed by atoms with Crippen LogP contribution in [0.2, 0.25) is 0 Å². The highest BCUT2D eigenvalue weighted by atomic mass is 16.2. The van der Waals surface area contributed by atoms with Crippen molar-refractivity contribution in [2.75, 3.05) is 13.1 Å². The molecule has 1 aromatic carbocycles. The molecule has 0 spiro atoms. The van der Waals surface area contributed by atoms with Gasteiger partial charge in [0, 0.05) is 18.2 Å². The van der Waals surface area contributed by atoms with Crippen LogP contribution < -0.4 is 5.73 Å². The lowest BCUT2D eigenvalue weighted by Crippen LogP contribution is -2.47. The Hall–Kier alpha value is -1.86. The summed E-state index contributed by atoms with van der Waals surface area (Å²) >= 11 is 0. The van der Waals surface area contributed by atoms with Gasteiger partial charge in [0.1, 0.15) is 0 Å². The van der Waals surface area contributed by atoms with E-state index in [9.17, 15) is 4.79 Å². The molecule has 2 rings (SSSR count). The van der Waals surface area contributed by atoms with Gasteiger partial charge in [-0.05, 0) is 56.5 Å². The van der Waals surface area contributed by atoms with Crippen molar-refractivity contribution in [2.45, 2.75) is 25.8 Å². The molecule has 1 fully saturated rings. The molecule has 1 aliphatic rings. The van der Waals surface area contributed by atoms with E-state index in [1.807, 2.05) is 4.90 Å². The van der Waals surface area contributed by atoms with Crippen LogP contribution in [0, 0.1) is 17.2 Å². The van der Waals surface area contributed by atoms with Crippen molar-refractivity contribution in [2.24, 2.45) is 11.7 Å². The van der Waals surface area contributed by atoms with Gasteiger partial charge in [0.05, 0.1) is 11.6 Å². The van der Waals surface area contributed by atoms with E-state index in [2.05, 4.69) is 13.0 Å². The molecule has 100 valence electrons. The van der Waals surface area contributed by atoms with Crippen molar-refractivity contribution < 1.29 is 4.79 Å². The third kappa shape index (κ3) is 2.94. The Morgan fingerprint density at radius 2 is 2.11 bits per heavy atom. The molecule has 2 atom stereocenters. The summed E-state index contributed by atoms with van der Waals surface area (Å²) in [5, 5.41) is 8.77. The molecule has 0 bridgehead atoms. The fourth-order valence-electron chi connectivity index (χ4n) is 2.51. The number of hydrogen-bond acceptors (Lipinski definition) is 3. The molecule has 0 aromatic heterocycles. The van der Waals surface area contributed by atoms with Crippen molar-refractivity contribution in [3.8, 4) is 6.07 Å². The lowest BCUT2D eigenvalue weighted by atomic mass is 9.93. The monoisotopic (exact) mass is 257 g/mol. The summed E-state index contributed by atoms with van der Waals surface area (Å²) in [7, 11) is 0. The SMILES string of the molecule is CC1CCC(CN)CN1C(=O)c1ccc(C#N)cc1. The molecular formula is C15H19N3O. The molecule has 19 heavy (non-hydrogen) atoms. The number of hydrogen-bond donors (Lipinski definition) is 1. The largest absolute Gasteiger partial charge is 0.336 e. The van der Waals surface area contributed by atoms with E-state index in [1.54, 1.807) is 24.3 Å². The summed E-state index contributed by atoms with van der Waals surface area (Å²) in [6.07, 6.45) is 2.10. The minimum Gasteiger partial charge on any atom is -0.336 e. The average molecular weight is 257 g/mol. The number of carbonyl (C=O) groups excluding carboxylic acids is 1. The number of amides is 1. The Morgan fingerprint density at radius 1 is 1.42 bits per heavy atom. The van der Waals surface area contributed by atoms with E-state index in [4.69, 9.17) is 11.0 Å². The Balaban J connectivity index is 2.15. The second-order valence-electron chi connectivity index (χ2n) is 5.17. The Kier molecular flexibility index (Phi) is 4.18. The highest BCUT2D eigenvalue weighted by Crippen LogP contribution is 2.23. The van der Waals surface area contributed by atoms with Crippen molar-refractivity contribution in [3.05, 3.63) is 35.4 Å². The highest BCUT2D eigenvalue weighted by Gasteiger charge is 2.28. The zero-order chi connectivity index (χ0) is 13.8. The van der Waals surface area contributed by atoms with Crippen LogP contribution in [0.1, 0.15) is 35.7 Å². The van der Waals surface area contributed by atoms with Gasteiger partial charge in [0.2, 0.25) is 0 Å². The molecule has 4 heteroatoms. The van der Waals surface area contributed by atoms with E-state index in [1.165, 1.54) is 0 Å². The van der Waals surface area contributed by atoms with Crippen molar-refractivity contribution in [1.82, 2.24) is 4.90 Å². The molecule has 2 N–H and O–H groups in total. The minimum atomic E-state index is 0.0372. The van der Waals surface area contributed by atoms with Crippen LogP contribution in [0.25, 0.3) is 0 Å². The van der Waals surface area contributed by atoms with E-state index in [0.717, 1.165) is 19.4 Å². The molecule has 2 unspecified atom stereocenters. The van der Waals surface area contributed by atoms with E-state index >= 15 is 0 Å². The Labute approximate surface area is 113 Å². The zero-order valence-corrected chi connectivity index (χ0v) is 11.2. The minimum absolute atomic E-state index is 0.0372. The molecule has 1 amide bonds.